The molecule has 0 spiro atoms. The topological polar surface area (TPSA) is 70.8 Å². The van der Waals surface area contributed by atoms with Crippen molar-refractivity contribution in [2.24, 2.45) is 0 Å². The number of sulfonamides is 1. The number of β-amino-alcohol motifs (C(OH)–C–C–N with tert-alkyl or cyclic N) is 1. The first-order valence-electron chi connectivity index (χ1n) is 6.58. The zero-order valence-electron chi connectivity index (χ0n) is 11.3. The van der Waals surface area contributed by atoms with Crippen LogP contribution in [-0.4, -0.2) is 30.5 Å². The second kappa shape index (κ2) is 5.45. The number of furan rings is 1. The SMILES string of the molecule is O=S(=O)(c1ccco1)N1C[C@@H](O)C[C@H]1c1ccc(F)c(F)c1. The molecule has 0 saturated carbocycles. The molecule has 0 aliphatic carbocycles. The summed E-state index contributed by atoms with van der Waals surface area (Å²) >= 11 is 0. The minimum absolute atomic E-state index is 0.102. The average Bonchev–Trinajstić information content (AvgIpc) is 3.11. The first-order chi connectivity index (χ1) is 10.4. The van der Waals surface area contributed by atoms with Crippen LogP contribution in [0.25, 0.3) is 0 Å². The van der Waals surface area contributed by atoms with Gasteiger partial charge in [0.15, 0.2) is 11.6 Å². The third-order valence-corrected chi connectivity index (χ3v) is 5.38. The van der Waals surface area contributed by atoms with Crippen LogP contribution in [0.3, 0.4) is 0 Å². The fourth-order valence-electron chi connectivity index (χ4n) is 2.60. The third kappa shape index (κ3) is 2.53. The van der Waals surface area contributed by atoms with Crippen LogP contribution in [0.15, 0.2) is 46.1 Å². The number of halogens is 2. The molecule has 1 saturated heterocycles. The van der Waals surface area contributed by atoms with Crippen LogP contribution in [0.4, 0.5) is 8.78 Å². The van der Waals surface area contributed by atoms with Crippen LogP contribution < -0.4 is 0 Å². The summed E-state index contributed by atoms with van der Waals surface area (Å²) in [5, 5.41) is 9.56. The normalized spacial score (nSPS) is 23.0. The van der Waals surface area contributed by atoms with E-state index in [0.717, 1.165) is 16.4 Å². The maximum absolute atomic E-state index is 13.4. The Morgan fingerprint density at radius 1 is 1.23 bits per heavy atom. The molecule has 1 aromatic carbocycles. The largest absolute Gasteiger partial charge is 0.452 e. The standard InChI is InChI=1S/C14H13F2NO4S/c15-11-4-3-9(6-12(11)16)13-7-10(18)8-17(13)22(19,20)14-2-1-5-21-14/h1-6,10,13,18H,7-8H2/t10-,13-/m0/s1. The minimum Gasteiger partial charge on any atom is -0.452 e. The van der Waals surface area contributed by atoms with Crippen molar-refractivity contribution in [3.05, 3.63) is 53.8 Å². The van der Waals surface area contributed by atoms with Gasteiger partial charge in [0, 0.05) is 6.54 Å². The quantitative estimate of drug-likeness (QED) is 0.936. The maximum atomic E-state index is 13.4. The predicted molar refractivity (Wildman–Crippen MR) is 72.3 cm³/mol. The first kappa shape index (κ1) is 15.1. The molecule has 3 rings (SSSR count). The molecule has 8 heteroatoms. The molecule has 2 heterocycles. The van der Waals surface area contributed by atoms with Gasteiger partial charge in [0.05, 0.1) is 18.4 Å². The highest BCUT2D eigenvalue weighted by Crippen LogP contribution is 2.37. The highest BCUT2D eigenvalue weighted by atomic mass is 32.2. The molecule has 0 bridgehead atoms. The molecule has 1 aromatic heterocycles. The zero-order chi connectivity index (χ0) is 15.9. The summed E-state index contributed by atoms with van der Waals surface area (Å²) in [5.74, 6) is -2.07. The maximum Gasteiger partial charge on any atom is 0.277 e. The van der Waals surface area contributed by atoms with Gasteiger partial charge in [-0.25, -0.2) is 17.2 Å². The van der Waals surface area contributed by atoms with Gasteiger partial charge in [0.1, 0.15) is 0 Å². The molecular formula is C14H13F2NO4S. The van der Waals surface area contributed by atoms with E-state index in [-0.39, 0.29) is 23.6 Å². The molecule has 1 aliphatic heterocycles. The number of hydrogen-bond acceptors (Lipinski definition) is 4. The fraction of sp³-hybridized carbons (Fsp3) is 0.286. The van der Waals surface area contributed by atoms with E-state index < -0.39 is 33.8 Å². The number of rotatable bonds is 3. The smallest absolute Gasteiger partial charge is 0.277 e. The second-order valence-electron chi connectivity index (χ2n) is 5.09. The van der Waals surface area contributed by atoms with Crippen LogP contribution >= 0.6 is 0 Å². The predicted octanol–water partition coefficient (Wildman–Crippen LogP) is 2.05. The van der Waals surface area contributed by atoms with Crippen LogP contribution in [0.2, 0.25) is 0 Å². The lowest BCUT2D eigenvalue weighted by atomic mass is 10.0. The summed E-state index contributed by atoms with van der Waals surface area (Å²) < 4.78 is 57.5. The minimum atomic E-state index is -3.96. The Morgan fingerprint density at radius 2 is 2.00 bits per heavy atom. The molecule has 22 heavy (non-hydrogen) atoms. The van der Waals surface area contributed by atoms with Gasteiger partial charge in [0.25, 0.3) is 10.0 Å². The summed E-state index contributed by atoms with van der Waals surface area (Å²) in [5.41, 5.74) is 0.283. The van der Waals surface area contributed by atoms with Crippen molar-refractivity contribution >= 4 is 10.0 Å². The van der Waals surface area contributed by atoms with Crippen molar-refractivity contribution in [3.63, 3.8) is 0 Å². The Morgan fingerprint density at radius 3 is 2.64 bits per heavy atom. The molecule has 1 aliphatic rings. The molecule has 2 aromatic rings. The molecule has 0 amide bonds. The molecule has 0 radical (unpaired) electrons. The number of nitrogens with zero attached hydrogens (tertiary/aromatic N) is 1. The lowest BCUT2D eigenvalue weighted by molar-refractivity contribution is 0.188. The van der Waals surface area contributed by atoms with Crippen LogP contribution in [-0.2, 0) is 10.0 Å². The van der Waals surface area contributed by atoms with E-state index in [1.165, 1.54) is 24.5 Å². The number of hydrogen-bond donors (Lipinski definition) is 1. The summed E-state index contributed by atoms with van der Waals surface area (Å²) in [6.07, 6.45) is 0.444. The van der Waals surface area contributed by atoms with Crippen molar-refractivity contribution < 1.29 is 26.7 Å². The monoisotopic (exact) mass is 329 g/mol. The van der Waals surface area contributed by atoms with Crippen LogP contribution in [0.1, 0.15) is 18.0 Å². The van der Waals surface area contributed by atoms with E-state index in [0.29, 0.717) is 0 Å². The van der Waals surface area contributed by atoms with E-state index >= 15 is 0 Å². The second-order valence-corrected chi connectivity index (χ2v) is 6.91. The molecule has 118 valence electrons. The lowest BCUT2D eigenvalue weighted by Gasteiger charge is -2.22. The van der Waals surface area contributed by atoms with Gasteiger partial charge >= 0.3 is 0 Å². The highest BCUT2D eigenvalue weighted by Gasteiger charge is 2.41. The molecular weight excluding hydrogens is 316 g/mol. The summed E-state index contributed by atoms with van der Waals surface area (Å²) in [4.78, 5) is 0. The van der Waals surface area contributed by atoms with Crippen molar-refractivity contribution in [1.82, 2.24) is 4.31 Å². The van der Waals surface area contributed by atoms with Crippen molar-refractivity contribution in [2.45, 2.75) is 23.7 Å². The van der Waals surface area contributed by atoms with Gasteiger partial charge in [-0.1, -0.05) is 6.07 Å². The molecule has 0 unspecified atom stereocenters. The fourth-order valence-corrected chi connectivity index (χ4v) is 4.17. The Labute approximate surface area is 125 Å². The van der Waals surface area contributed by atoms with Crippen LogP contribution in [0.5, 0.6) is 0 Å². The molecule has 5 nitrogen and oxygen atoms in total. The molecule has 2 atom stereocenters. The van der Waals surface area contributed by atoms with Crippen molar-refractivity contribution in [3.8, 4) is 0 Å². The zero-order valence-corrected chi connectivity index (χ0v) is 12.1. The highest BCUT2D eigenvalue weighted by molar-refractivity contribution is 7.89. The van der Waals surface area contributed by atoms with E-state index in [1.54, 1.807) is 0 Å². The van der Waals surface area contributed by atoms with Crippen molar-refractivity contribution in [2.75, 3.05) is 6.54 Å². The van der Waals surface area contributed by atoms with E-state index in [9.17, 15) is 22.3 Å². The number of benzene rings is 1. The average molecular weight is 329 g/mol. The van der Waals surface area contributed by atoms with Gasteiger partial charge in [0.2, 0.25) is 5.09 Å². The van der Waals surface area contributed by atoms with Crippen molar-refractivity contribution in [1.29, 1.82) is 0 Å². The summed E-state index contributed by atoms with van der Waals surface area (Å²) in [6, 6.07) is 5.15. The Kier molecular flexibility index (Phi) is 3.75. The third-order valence-electron chi connectivity index (χ3n) is 3.62. The molecule has 1 N–H and O–H groups in total. The van der Waals surface area contributed by atoms with E-state index in [4.69, 9.17) is 4.42 Å². The number of aliphatic hydroxyl groups is 1. The Hall–Kier alpha value is -1.77. The van der Waals surface area contributed by atoms with Gasteiger partial charge in [-0.3, -0.25) is 0 Å². The van der Waals surface area contributed by atoms with Crippen LogP contribution in [0, 0.1) is 11.6 Å². The lowest BCUT2D eigenvalue weighted by Crippen LogP contribution is -2.31. The molecule has 1 fully saturated rings. The first-order valence-corrected chi connectivity index (χ1v) is 8.02. The number of aliphatic hydroxyl groups excluding tert-OH is 1. The summed E-state index contributed by atoms with van der Waals surface area (Å²) in [6.45, 7) is -0.132. The summed E-state index contributed by atoms with van der Waals surface area (Å²) in [7, 11) is -3.96. The van der Waals surface area contributed by atoms with Gasteiger partial charge < -0.3 is 9.52 Å². The van der Waals surface area contributed by atoms with Gasteiger partial charge in [-0.05, 0) is 36.2 Å². The van der Waals surface area contributed by atoms with E-state index in [1.807, 2.05) is 0 Å². The Bertz CT molecular complexity index is 776. The van der Waals surface area contributed by atoms with Gasteiger partial charge in [-0.15, -0.1) is 0 Å². The van der Waals surface area contributed by atoms with Gasteiger partial charge in [-0.2, -0.15) is 4.31 Å². The van der Waals surface area contributed by atoms with E-state index in [2.05, 4.69) is 0 Å². The Balaban J connectivity index is 2.01.